The highest BCUT2D eigenvalue weighted by molar-refractivity contribution is 5.94. The minimum Gasteiger partial charge on any atom is -0.465 e. The smallest absolute Gasteiger partial charge is 0.337 e. The molecule has 1 aromatic heterocycles. The van der Waals surface area contributed by atoms with E-state index in [0.29, 0.717) is 11.3 Å². The quantitative estimate of drug-likeness (QED) is 0.595. The van der Waals surface area contributed by atoms with Gasteiger partial charge in [-0.1, -0.05) is 18.2 Å². The van der Waals surface area contributed by atoms with Crippen LogP contribution in [-0.2, 0) is 9.53 Å². The average Bonchev–Trinajstić information content (AvgIpc) is 2.79. The Labute approximate surface area is 187 Å². The molecule has 1 aliphatic rings. The molecule has 164 valence electrons. The number of nitrogens with two attached hydrogens (primary N) is 1. The molecule has 0 fully saturated rings. The molecule has 3 aromatic rings. The van der Waals surface area contributed by atoms with Crippen molar-refractivity contribution in [1.82, 2.24) is 4.98 Å². The van der Waals surface area contributed by atoms with Crippen molar-refractivity contribution in [2.75, 3.05) is 23.1 Å². The number of carbonyl (C=O) groups is 2. The van der Waals surface area contributed by atoms with E-state index in [1.165, 1.54) is 7.11 Å². The third-order valence-corrected chi connectivity index (χ3v) is 5.77. The third kappa shape index (κ3) is 4.14. The Bertz CT molecular complexity index is 1140. The standard InChI is InChI=1S/C25H26N4O3/c1-15-12-22(28-24-11-9-20(26)14-27-24)21-13-19(8-10-23(21)29(15)16(2)30)17-4-6-18(7-5-17)25(31)32-3/h4-11,13-15,22H,12,26H2,1-3H3,(H,27,28)/t15-,22+/m0/s1. The lowest BCUT2D eigenvalue weighted by Gasteiger charge is -2.39. The number of benzene rings is 2. The average molecular weight is 431 g/mol. The zero-order valence-corrected chi connectivity index (χ0v) is 18.3. The Balaban J connectivity index is 1.73. The minimum atomic E-state index is -0.367. The van der Waals surface area contributed by atoms with E-state index in [9.17, 15) is 9.59 Å². The highest BCUT2D eigenvalue weighted by atomic mass is 16.5. The van der Waals surface area contributed by atoms with Gasteiger partial charge in [0.25, 0.3) is 0 Å². The number of pyridine rings is 1. The van der Waals surface area contributed by atoms with Gasteiger partial charge >= 0.3 is 5.97 Å². The lowest BCUT2D eigenvalue weighted by Crippen LogP contribution is -2.43. The molecule has 0 saturated heterocycles. The highest BCUT2D eigenvalue weighted by Gasteiger charge is 2.32. The van der Waals surface area contributed by atoms with E-state index in [1.54, 1.807) is 25.3 Å². The van der Waals surface area contributed by atoms with Crippen LogP contribution in [0.25, 0.3) is 11.1 Å². The fourth-order valence-corrected chi connectivity index (χ4v) is 4.25. The Morgan fingerprint density at radius 3 is 2.44 bits per heavy atom. The fraction of sp³-hybridized carbons (Fsp3) is 0.240. The number of esters is 1. The molecule has 32 heavy (non-hydrogen) atoms. The number of nitrogens with zero attached hydrogens (tertiary/aromatic N) is 2. The van der Waals surface area contributed by atoms with Gasteiger partial charge in [-0.15, -0.1) is 0 Å². The van der Waals surface area contributed by atoms with Crippen molar-refractivity contribution < 1.29 is 14.3 Å². The molecule has 0 aliphatic carbocycles. The number of methoxy groups -OCH3 is 1. The van der Waals surface area contributed by atoms with Crippen LogP contribution in [0.1, 0.15) is 42.2 Å². The van der Waals surface area contributed by atoms with Crippen LogP contribution in [0.4, 0.5) is 17.2 Å². The molecule has 4 rings (SSSR count). The lowest BCUT2D eigenvalue weighted by atomic mass is 9.89. The molecule has 3 N–H and O–H groups in total. The maximum absolute atomic E-state index is 12.4. The zero-order chi connectivity index (χ0) is 22.8. The van der Waals surface area contributed by atoms with Gasteiger partial charge in [0.1, 0.15) is 5.82 Å². The predicted octanol–water partition coefficient (Wildman–Crippen LogP) is 4.42. The summed E-state index contributed by atoms with van der Waals surface area (Å²) in [5.74, 6) is 0.373. The summed E-state index contributed by atoms with van der Waals surface area (Å²) in [6, 6.07) is 17.0. The van der Waals surface area contributed by atoms with Gasteiger partial charge in [-0.2, -0.15) is 0 Å². The number of nitrogens with one attached hydrogen (secondary N) is 1. The number of ether oxygens (including phenoxy) is 1. The Morgan fingerprint density at radius 1 is 1.09 bits per heavy atom. The first-order valence-electron chi connectivity index (χ1n) is 10.5. The summed E-state index contributed by atoms with van der Waals surface area (Å²) < 4.78 is 4.78. The first kappa shape index (κ1) is 21.4. The van der Waals surface area contributed by atoms with Crippen molar-refractivity contribution >= 4 is 29.1 Å². The second-order valence-corrected chi connectivity index (χ2v) is 7.99. The third-order valence-electron chi connectivity index (χ3n) is 5.77. The maximum Gasteiger partial charge on any atom is 0.337 e. The first-order valence-corrected chi connectivity index (χ1v) is 10.5. The Kier molecular flexibility index (Phi) is 5.81. The van der Waals surface area contributed by atoms with Crippen LogP contribution in [0.5, 0.6) is 0 Å². The summed E-state index contributed by atoms with van der Waals surface area (Å²) in [5.41, 5.74) is 10.7. The van der Waals surface area contributed by atoms with Gasteiger partial charge in [0.05, 0.1) is 30.6 Å². The molecule has 0 saturated carbocycles. The molecular formula is C25H26N4O3. The molecule has 2 atom stereocenters. The second-order valence-electron chi connectivity index (χ2n) is 7.99. The van der Waals surface area contributed by atoms with Gasteiger partial charge in [-0.3, -0.25) is 4.79 Å². The molecule has 7 heteroatoms. The lowest BCUT2D eigenvalue weighted by molar-refractivity contribution is -0.117. The summed E-state index contributed by atoms with van der Waals surface area (Å²) >= 11 is 0. The first-order chi connectivity index (χ1) is 15.4. The normalized spacial score (nSPS) is 17.4. The van der Waals surface area contributed by atoms with Crippen LogP contribution in [0.2, 0.25) is 0 Å². The number of rotatable bonds is 4. The molecule has 2 aromatic carbocycles. The highest BCUT2D eigenvalue weighted by Crippen LogP contribution is 2.41. The summed E-state index contributed by atoms with van der Waals surface area (Å²) in [4.78, 5) is 30.4. The summed E-state index contributed by atoms with van der Waals surface area (Å²) in [6.45, 7) is 3.64. The maximum atomic E-state index is 12.4. The number of carbonyl (C=O) groups excluding carboxylic acids is 2. The largest absolute Gasteiger partial charge is 0.465 e. The van der Waals surface area contributed by atoms with E-state index in [-0.39, 0.29) is 24.0 Å². The van der Waals surface area contributed by atoms with Crippen molar-refractivity contribution in [3.05, 3.63) is 71.9 Å². The van der Waals surface area contributed by atoms with Gasteiger partial charge in [0.2, 0.25) is 5.91 Å². The van der Waals surface area contributed by atoms with Crippen LogP contribution in [-0.4, -0.2) is 30.0 Å². The van der Waals surface area contributed by atoms with Gasteiger partial charge in [-0.25, -0.2) is 9.78 Å². The van der Waals surface area contributed by atoms with Gasteiger partial charge in [0.15, 0.2) is 0 Å². The Morgan fingerprint density at radius 2 is 1.81 bits per heavy atom. The monoisotopic (exact) mass is 430 g/mol. The van der Waals surface area contributed by atoms with E-state index in [1.807, 2.05) is 41.3 Å². The molecular weight excluding hydrogens is 404 g/mol. The van der Waals surface area contributed by atoms with Crippen LogP contribution in [0, 0.1) is 0 Å². The van der Waals surface area contributed by atoms with E-state index < -0.39 is 0 Å². The number of anilines is 3. The molecule has 0 unspecified atom stereocenters. The summed E-state index contributed by atoms with van der Waals surface area (Å²) in [6.07, 6.45) is 2.36. The SMILES string of the molecule is COC(=O)c1ccc(-c2ccc3c(c2)[C@H](Nc2ccc(N)cn2)C[C@H](C)N3C(C)=O)cc1. The van der Waals surface area contributed by atoms with Crippen molar-refractivity contribution in [2.45, 2.75) is 32.4 Å². The fourth-order valence-electron chi connectivity index (χ4n) is 4.25. The van der Waals surface area contributed by atoms with Gasteiger partial charge < -0.3 is 20.7 Å². The second kappa shape index (κ2) is 8.70. The van der Waals surface area contributed by atoms with Crippen molar-refractivity contribution in [3.8, 4) is 11.1 Å². The summed E-state index contributed by atoms with van der Waals surface area (Å²) in [7, 11) is 1.37. The number of hydrogen-bond acceptors (Lipinski definition) is 6. The van der Waals surface area contributed by atoms with E-state index >= 15 is 0 Å². The Hall–Kier alpha value is -3.87. The van der Waals surface area contributed by atoms with Gasteiger partial charge in [-0.05, 0) is 66.4 Å². The molecule has 1 aliphatic heterocycles. The number of hydrogen-bond donors (Lipinski definition) is 2. The molecule has 1 amide bonds. The van der Waals surface area contributed by atoms with Gasteiger partial charge in [0, 0.05) is 18.7 Å². The minimum absolute atomic E-state index is 0.0120. The molecule has 2 heterocycles. The molecule has 0 bridgehead atoms. The molecule has 0 radical (unpaired) electrons. The van der Waals surface area contributed by atoms with Crippen LogP contribution in [0.3, 0.4) is 0 Å². The van der Waals surface area contributed by atoms with E-state index in [4.69, 9.17) is 10.5 Å². The number of fused-ring (bicyclic) bond motifs is 1. The van der Waals surface area contributed by atoms with Crippen LogP contribution in [0.15, 0.2) is 60.8 Å². The van der Waals surface area contributed by atoms with Crippen molar-refractivity contribution in [3.63, 3.8) is 0 Å². The molecule has 7 nitrogen and oxygen atoms in total. The van der Waals surface area contributed by atoms with E-state index in [2.05, 4.69) is 23.3 Å². The van der Waals surface area contributed by atoms with Crippen LogP contribution >= 0.6 is 0 Å². The van der Waals surface area contributed by atoms with E-state index in [0.717, 1.165) is 34.6 Å². The van der Waals surface area contributed by atoms with Crippen LogP contribution < -0.4 is 16.0 Å². The van der Waals surface area contributed by atoms with Crippen molar-refractivity contribution in [2.24, 2.45) is 0 Å². The number of aromatic nitrogens is 1. The predicted molar refractivity (Wildman–Crippen MR) is 125 cm³/mol. The molecule has 0 spiro atoms. The summed E-state index contributed by atoms with van der Waals surface area (Å²) in [5, 5.41) is 3.50. The van der Waals surface area contributed by atoms with Crippen molar-refractivity contribution in [1.29, 1.82) is 0 Å². The topological polar surface area (TPSA) is 97.5 Å². The number of amides is 1. The zero-order valence-electron chi connectivity index (χ0n) is 18.3. The number of nitrogen functional groups attached to an aromatic ring is 1.